The number of ether oxygens (including phenoxy) is 3. The van der Waals surface area contributed by atoms with Gasteiger partial charge >= 0.3 is 6.18 Å². The van der Waals surface area contributed by atoms with Crippen LogP contribution in [0, 0.1) is 0 Å². The molecule has 5 aromatic rings. The standard InChI is InChI=1S/C30H28F3N7O4/c1-38-15-23(27(37-38)30(31,32)33)20-10-18(14-39-7-5-34-17-39)11-21-19(20)4-6-40(29(21)41)28-22-12-25(43-3)26(44-9-8-42-2)13-24(22)35-16-36-28/h5,7,10-13,15-17H,4,6,8-9,14H2,1-3H3. The van der Waals surface area contributed by atoms with Crippen LogP contribution in [0.1, 0.15) is 27.2 Å². The van der Waals surface area contributed by atoms with Gasteiger partial charge in [0.05, 0.1) is 25.6 Å². The predicted octanol–water partition coefficient (Wildman–Crippen LogP) is 4.53. The van der Waals surface area contributed by atoms with Gasteiger partial charge in [-0.05, 0) is 41.3 Å². The number of aromatic nitrogens is 6. The van der Waals surface area contributed by atoms with Gasteiger partial charge in [0.15, 0.2) is 17.2 Å². The third-order valence-electron chi connectivity index (χ3n) is 7.38. The summed E-state index contributed by atoms with van der Waals surface area (Å²) in [6, 6.07) is 6.84. The van der Waals surface area contributed by atoms with Gasteiger partial charge in [0, 0.05) is 68.4 Å². The molecular weight excluding hydrogens is 579 g/mol. The minimum absolute atomic E-state index is 0.0804. The number of nitrogens with zero attached hydrogens (tertiary/aromatic N) is 7. The number of hydrogen-bond acceptors (Lipinski definition) is 8. The normalized spacial score (nSPS) is 13.4. The van der Waals surface area contributed by atoms with Crippen molar-refractivity contribution in [3.8, 4) is 22.6 Å². The van der Waals surface area contributed by atoms with E-state index in [-0.39, 0.29) is 18.5 Å². The molecule has 14 heteroatoms. The van der Waals surface area contributed by atoms with Crippen LogP contribution in [0.5, 0.6) is 11.5 Å². The molecule has 0 fully saturated rings. The van der Waals surface area contributed by atoms with E-state index in [4.69, 9.17) is 14.2 Å². The molecule has 11 nitrogen and oxygen atoms in total. The molecule has 6 rings (SSSR count). The Bertz CT molecular complexity index is 1840. The van der Waals surface area contributed by atoms with Gasteiger partial charge in [-0.25, -0.2) is 15.0 Å². The zero-order chi connectivity index (χ0) is 31.0. The number of hydrogen-bond donors (Lipinski definition) is 0. The predicted molar refractivity (Wildman–Crippen MR) is 154 cm³/mol. The second-order valence-electron chi connectivity index (χ2n) is 10.2. The highest BCUT2D eigenvalue weighted by Gasteiger charge is 2.39. The molecule has 0 atom stereocenters. The quantitative estimate of drug-likeness (QED) is 0.225. The summed E-state index contributed by atoms with van der Waals surface area (Å²) in [5.74, 6) is 0.849. The monoisotopic (exact) mass is 607 g/mol. The largest absolute Gasteiger partial charge is 0.493 e. The van der Waals surface area contributed by atoms with Gasteiger partial charge in [0.2, 0.25) is 0 Å². The van der Waals surface area contributed by atoms with Gasteiger partial charge in [-0.2, -0.15) is 18.3 Å². The molecule has 0 spiro atoms. The molecule has 0 N–H and O–H groups in total. The second-order valence-corrected chi connectivity index (χ2v) is 10.2. The van der Waals surface area contributed by atoms with Crippen LogP contribution in [-0.4, -0.2) is 69.2 Å². The molecule has 1 amide bonds. The first-order valence-electron chi connectivity index (χ1n) is 13.7. The van der Waals surface area contributed by atoms with Crippen LogP contribution < -0.4 is 14.4 Å². The Balaban J connectivity index is 1.46. The van der Waals surface area contributed by atoms with Crippen LogP contribution in [0.2, 0.25) is 0 Å². The molecule has 0 bridgehead atoms. The smallest absolute Gasteiger partial charge is 0.435 e. The molecule has 228 valence electrons. The van der Waals surface area contributed by atoms with Crippen molar-refractivity contribution in [2.45, 2.75) is 19.1 Å². The molecule has 1 aliphatic heterocycles. The molecule has 2 aromatic carbocycles. The number of benzene rings is 2. The van der Waals surface area contributed by atoms with E-state index < -0.39 is 17.8 Å². The number of halogens is 3. The summed E-state index contributed by atoms with van der Waals surface area (Å²) in [6.07, 6.45) is 3.26. The van der Waals surface area contributed by atoms with E-state index in [1.54, 1.807) is 54.7 Å². The van der Waals surface area contributed by atoms with Gasteiger partial charge in [0.25, 0.3) is 5.91 Å². The number of carbonyl (C=O) groups is 1. The zero-order valence-corrected chi connectivity index (χ0v) is 24.1. The lowest BCUT2D eigenvalue weighted by Gasteiger charge is -2.30. The Morgan fingerprint density at radius 2 is 1.82 bits per heavy atom. The molecule has 0 aliphatic carbocycles. The number of rotatable bonds is 9. The fourth-order valence-electron chi connectivity index (χ4n) is 5.45. The summed E-state index contributed by atoms with van der Waals surface area (Å²) in [7, 11) is 4.52. The Kier molecular flexibility index (Phi) is 7.67. The first-order chi connectivity index (χ1) is 21.2. The van der Waals surface area contributed by atoms with E-state index >= 15 is 0 Å². The second kappa shape index (κ2) is 11.6. The van der Waals surface area contributed by atoms with Crippen LogP contribution in [0.15, 0.2) is 55.5 Å². The highest BCUT2D eigenvalue weighted by Crippen LogP contribution is 2.41. The first kappa shape index (κ1) is 29.1. The summed E-state index contributed by atoms with van der Waals surface area (Å²) in [5.41, 5.74) is 1.20. The van der Waals surface area contributed by atoms with E-state index in [1.807, 2.05) is 0 Å². The molecule has 4 heterocycles. The fraction of sp³-hybridized carbons (Fsp3) is 0.300. The van der Waals surface area contributed by atoms with Crippen LogP contribution >= 0.6 is 0 Å². The van der Waals surface area contributed by atoms with Gasteiger partial charge in [-0.15, -0.1) is 0 Å². The average molecular weight is 608 g/mol. The van der Waals surface area contributed by atoms with E-state index in [9.17, 15) is 18.0 Å². The van der Waals surface area contributed by atoms with Crippen molar-refractivity contribution >= 4 is 22.6 Å². The van der Waals surface area contributed by atoms with Crippen molar-refractivity contribution in [3.05, 3.63) is 77.9 Å². The summed E-state index contributed by atoms with van der Waals surface area (Å²) in [5, 5.41) is 4.27. The van der Waals surface area contributed by atoms with Crippen LogP contribution in [0.3, 0.4) is 0 Å². The lowest BCUT2D eigenvalue weighted by molar-refractivity contribution is -0.140. The summed E-state index contributed by atoms with van der Waals surface area (Å²) in [4.78, 5) is 28.6. The molecule has 3 aromatic heterocycles. The first-order valence-corrected chi connectivity index (χ1v) is 13.7. The molecule has 0 unspecified atom stereocenters. The highest BCUT2D eigenvalue weighted by molar-refractivity contribution is 6.12. The fourth-order valence-corrected chi connectivity index (χ4v) is 5.45. The number of aryl methyl sites for hydroxylation is 1. The molecular formula is C30H28F3N7O4. The number of fused-ring (bicyclic) bond motifs is 2. The van der Waals surface area contributed by atoms with Crippen molar-refractivity contribution in [2.75, 3.05) is 38.9 Å². The summed E-state index contributed by atoms with van der Waals surface area (Å²) >= 11 is 0. The molecule has 44 heavy (non-hydrogen) atoms. The Hall–Kier alpha value is -4.98. The van der Waals surface area contributed by atoms with Crippen LogP contribution in [-0.2, 0) is 30.9 Å². The van der Waals surface area contributed by atoms with Crippen LogP contribution in [0.4, 0.5) is 19.0 Å². The lowest BCUT2D eigenvalue weighted by Crippen LogP contribution is -2.38. The maximum atomic E-state index is 14.2. The van der Waals surface area contributed by atoms with E-state index in [0.29, 0.717) is 70.2 Å². The van der Waals surface area contributed by atoms with Gasteiger partial charge in [-0.3, -0.25) is 14.4 Å². The third kappa shape index (κ3) is 5.43. The molecule has 0 saturated heterocycles. The van der Waals surface area contributed by atoms with Crippen molar-refractivity contribution in [3.63, 3.8) is 0 Å². The summed E-state index contributed by atoms with van der Waals surface area (Å²) < 4.78 is 61.5. The number of amides is 1. The van der Waals surface area contributed by atoms with Gasteiger partial charge in [-0.1, -0.05) is 0 Å². The Morgan fingerprint density at radius 1 is 1.00 bits per heavy atom. The van der Waals surface area contributed by atoms with Crippen LogP contribution in [0.25, 0.3) is 22.0 Å². The number of carbonyl (C=O) groups excluding carboxylic acids is 1. The average Bonchev–Trinajstić information content (AvgIpc) is 3.66. The number of alkyl halides is 3. The Labute approximate surface area is 249 Å². The van der Waals surface area contributed by atoms with E-state index in [1.165, 1.54) is 31.6 Å². The molecule has 1 aliphatic rings. The third-order valence-corrected chi connectivity index (χ3v) is 7.38. The Morgan fingerprint density at radius 3 is 2.55 bits per heavy atom. The minimum atomic E-state index is -4.68. The number of imidazole rings is 1. The topological polar surface area (TPSA) is 109 Å². The van der Waals surface area contributed by atoms with E-state index in [0.717, 1.165) is 4.68 Å². The van der Waals surface area contributed by atoms with Crippen molar-refractivity contribution in [1.82, 2.24) is 29.3 Å². The maximum absolute atomic E-state index is 14.2. The summed E-state index contributed by atoms with van der Waals surface area (Å²) in [6.45, 7) is 1.16. The maximum Gasteiger partial charge on any atom is 0.435 e. The SMILES string of the molecule is COCCOc1cc2ncnc(N3CCc4c(cc(Cn5ccnc5)cc4-c4cn(C)nc4C(F)(F)F)C3=O)c2cc1OC. The van der Waals surface area contributed by atoms with E-state index in [2.05, 4.69) is 20.1 Å². The molecule has 0 radical (unpaired) electrons. The number of anilines is 1. The molecule has 0 saturated carbocycles. The van der Waals surface area contributed by atoms with Crippen molar-refractivity contribution in [1.29, 1.82) is 0 Å². The highest BCUT2D eigenvalue weighted by atomic mass is 19.4. The van der Waals surface area contributed by atoms with Crippen molar-refractivity contribution in [2.24, 2.45) is 7.05 Å². The van der Waals surface area contributed by atoms with Crippen molar-refractivity contribution < 1.29 is 32.2 Å². The van der Waals surface area contributed by atoms with Gasteiger partial charge < -0.3 is 18.8 Å². The lowest BCUT2D eigenvalue weighted by atomic mass is 9.88. The zero-order valence-electron chi connectivity index (χ0n) is 24.1. The number of methoxy groups -OCH3 is 2. The minimum Gasteiger partial charge on any atom is -0.493 e. The van der Waals surface area contributed by atoms with Gasteiger partial charge in [0.1, 0.15) is 18.8 Å².